The molecule has 0 fully saturated rings. The molecule has 0 heterocycles. The molecule has 88 valence electrons. The zero-order valence-electron chi connectivity index (χ0n) is 9.94. The third-order valence-corrected chi connectivity index (χ3v) is 2.75. The normalized spacial score (nSPS) is 10.7. The number of carbonyl (C=O) groups is 1. The zero-order chi connectivity index (χ0) is 12.0. The van der Waals surface area contributed by atoms with E-state index in [1.807, 2.05) is 24.3 Å². The summed E-state index contributed by atoms with van der Waals surface area (Å²) in [5.74, 6) is -0.771. The molecule has 0 aliphatic rings. The molecule has 0 radical (unpaired) electrons. The van der Waals surface area contributed by atoms with Crippen LogP contribution < -0.4 is 0 Å². The Hall–Kier alpha value is -1.35. The molecule has 16 heavy (non-hydrogen) atoms. The Morgan fingerprint density at radius 3 is 2.25 bits per heavy atom. The molecule has 0 aromatic heterocycles. The van der Waals surface area contributed by atoms with Crippen LogP contribution in [-0.2, 0) is 17.8 Å². The summed E-state index contributed by atoms with van der Waals surface area (Å²) in [7, 11) is 0. The summed E-state index contributed by atoms with van der Waals surface area (Å²) < 4.78 is 0. The third-order valence-electron chi connectivity index (χ3n) is 2.75. The van der Waals surface area contributed by atoms with E-state index in [1.165, 1.54) is 0 Å². The zero-order valence-corrected chi connectivity index (χ0v) is 9.94. The predicted octanol–water partition coefficient (Wildman–Crippen LogP) is 2.16. The minimum absolute atomic E-state index is 0.109. The van der Waals surface area contributed by atoms with Crippen molar-refractivity contribution in [1.29, 1.82) is 0 Å². The Morgan fingerprint density at radius 2 is 1.75 bits per heavy atom. The lowest BCUT2D eigenvalue weighted by atomic mass is 10.0. The first-order chi connectivity index (χ1) is 7.67. The van der Waals surface area contributed by atoms with Crippen molar-refractivity contribution < 1.29 is 9.90 Å². The van der Waals surface area contributed by atoms with Gasteiger partial charge in [0.15, 0.2) is 0 Å². The van der Waals surface area contributed by atoms with Crippen LogP contribution in [0.2, 0.25) is 0 Å². The van der Waals surface area contributed by atoms with Gasteiger partial charge in [-0.1, -0.05) is 38.1 Å². The third kappa shape index (κ3) is 3.66. The maximum atomic E-state index is 10.7. The van der Waals surface area contributed by atoms with Crippen molar-refractivity contribution in [1.82, 2.24) is 4.90 Å². The van der Waals surface area contributed by atoms with Gasteiger partial charge in [0.2, 0.25) is 0 Å². The molecule has 0 saturated carbocycles. The van der Waals surface area contributed by atoms with Crippen LogP contribution in [-0.4, -0.2) is 29.1 Å². The van der Waals surface area contributed by atoms with Gasteiger partial charge < -0.3 is 5.11 Å². The topological polar surface area (TPSA) is 40.5 Å². The Morgan fingerprint density at radius 1 is 1.19 bits per heavy atom. The second-order valence-corrected chi connectivity index (χ2v) is 3.80. The van der Waals surface area contributed by atoms with Crippen LogP contribution in [0.25, 0.3) is 0 Å². The van der Waals surface area contributed by atoms with Crippen molar-refractivity contribution in [2.75, 3.05) is 13.1 Å². The van der Waals surface area contributed by atoms with Gasteiger partial charge in [-0.2, -0.15) is 0 Å². The summed E-state index contributed by atoms with van der Waals surface area (Å²) in [5.41, 5.74) is 2.04. The number of aliphatic carboxylic acids is 1. The Balaban J connectivity index is 2.81. The van der Waals surface area contributed by atoms with Crippen LogP contribution in [0.15, 0.2) is 24.3 Å². The van der Waals surface area contributed by atoms with Gasteiger partial charge >= 0.3 is 5.97 Å². The number of nitrogens with zero attached hydrogens (tertiary/aromatic N) is 1. The monoisotopic (exact) mass is 221 g/mol. The van der Waals surface area contributed by atoms with Crippen molar-refractivity contribution in [2.24, 2.45) is 0 Å². The van der Waals surface area contributed by atoms with Gasteiger partial charge in [-0.15, -0.1) is 0 Å². The molecule has 0 spiro atoms. The second-order valence-electron chi connectivity index (χ2n) is 3.80. The van der Waals surface area contributed by atoms with Crippen molar-refractivity contribution in [3.8, 4) is 0 Å². The van der Waals surface area contributed by atoms with Gasteiger partial charge in [0.25, 0.3) is 0 Å². The first-order valence-electron chi connectivity index (χ1n) is 5.68. The fraction of sp³-hybridized carbons (Fsp3) is 0.462. The second kappa shape index (κ2) is 6.28. The van der Waals surface area contributed by atoms with E-state index in [0.717, 1.165) is 30.8 Å². The molecule has 0 aliphatic heterocycles. The van der Waals surface area contributed by atoms with E-state index in [2.05, 4.69) is 18.7 Å². The molecule has 1 aromatic rings. The average Bonchev–Trinajstić information content (AvgIpc) is 2.27. The summed E-state index contributed by atoms with van der Waals surface area (Å²) in [6.07, 6.45) is 0.109. The van der Waals surface area contributed by atoms with E-state index >= 15 is 0 Å². The predicted molar refractivity (Wildman–Crippen MR) is 64.4 cm³/mol. The van der Waals surface area contributed by atoms with E-state index in [1.54, 1.807) is 0 Å². The average molecular weight is 221 g/mol. The van der Waals surface area contributed by atoms with Gasteiger partial charge in [0.05, 0.1) is 6.42 Å². The fourth-order valence-corrected chi connectivity index (χ4v) is 1.74. The minimum Gasteiger partial charge on any atom is -0.481 e. The highest BCUT2D eigenvalue weighted by Crippen LogP contribution is 2.12. The minimum atomic E-state index is -0.771. The van der Waals surface area contributed by atoms with Gasteiger partial charge in [-0.05, 0) is 24.2 Å². The number of carboxylic acids is 1. The molecule has 3 nitrogen and oxygen atoms in total. The van der Waals surface area contributed by atoms with E-state index < -0.39 is 5.97 Å². The van der Waals surface area contributed by atoms with E-state index in [9.17, 15) is 4.79 Å². The maximum Gasteiger partial charge on any atom is 0.307 e. The SMILES string of the molecule is CCN(CC)Cc1ccccc1CC(=O)O. The first-order valence-corrected chi connectivity index (χ1v) is 5.68. The van der Waals surface area contributed by atoms with Crippen molar-refractivity contribution >= 4 is 5.97 Å². The van der Waals surface area contributed by atoms with Crippen LogP contribution in [0.1, 0.15) is 25.0 Å². The smallest absolute Gasteiger partial charge is 0.307 e. The summed E-state index contributed by atoms with van der Waals surface area (Å²) in [6, 6.07) is 7.76. The van der Waals surface area contributed by atoms with Crippen molar-refractivity contribution in [3.63, 3.8) is 0 Å². The molecule has 0 aliphatic carbocycles. The van der Waals surface area contributed by atoms with E-state index in [-0.39, 0.29) is 6.42 Å². The molecule has 0 bridgehead atoms. The molecular formula is C13H19NO2. The van der Waals surface area contributed by atoms with Crippen molar-refractivity contribution in [2.45, 2.75) is 26.8 Å². The van der Waals surface area contributed by atoms with Crippen LogP contribution in [0.5, 0.6) is 0 Å². The van der Waals surface area contributed by atoms with Gasteiger partial charge in [0.1, 0.15) is 0 Å². The maximum absolute atomic E-state index is 10.7. The molecule has 1 N–H and O–H groups in total. The van der Waals surface area contributed by atoms with Crippen LogP contribution in [0, 0.1) is 0 Å². The molecule has 0 unspecified atom stereocenters. The highest BCUT2D eigenvalue weighted by Gasteiger charge is 2.08. The number of carboxylic acid groups (broad SMARTS) is 1. The van der Waals surface area contributed by atoms with Crippen LogP contribution in [0.4, 0.5) is 0 Å². The highest BCUT2D eigenvalue weighted by atomic mass is 16.4. The number of hydrogen-bond acceptors (Lipinski definition) is 2. The van der Waals surface area contributed by atoms with Crippen LogP contribution in [0.3, 0.4) is 0 Å². The molecule has 0 atom stereocenters. The number of benzene rings is 1. The molecule has 1 rings (SSSR count). The fourth-order valence-electron chi connectivity index (χ4n) is 1.74. The van der Waals surface area contributed by atoms with E-state index in [0.29, 0.717) is 0 Å². The molecule has 3 heteroatoms. The van der Waals surface area contributed by atoms with Gasteiger partial charge in [-0.25, -0.2) is 0 Å². The van der Waals surface area contributed by atoms with Crippen LogP contribution >= 0.6 is 0 Å². The molecule has 1 aromatic carbocycles. The van der Waals surface area contributed by atoms with E-state index in [4.69, 9.17) is 5.11 Å². The number of rotatable bonds is 6. The molecule has 0 saturated heterocycles. The highest BCUT2D eigenvalue weighted by molar-refractivity contribution is 5.70. The van der Waals surface area contributed by atoms with Crippen molar-refractivity contribution in [3.05, 3.63) is 35.4 Å². The lowest BCUT2D eigenvalue weighted by Crippen LogP contribution is -2.23. The lowest BCUT2D eigenvalue weighted by Gasteiger charge is -2.19. The van der Waals surface area contributed by atoms with Gasteiger partial charge in [-0.3, -0.25) is 9.69 Å². The molecular weight excluding hydrogens is 202 g/mol. The first kappa shape index (κ1) is 12.7. The summed E-state index contributed by atoms with van der Waals surface area (Å²) in [5, 5.41) is 8.83. The summed E-state index contributed by atoms with van der Waals surface area (Å²) >= 11 is 0. The quantitative estimate of drug-likeness (QED) is 0.800. The largest absolute Gasteiger partial charge is 0.481 e. The Labute approximate surface area is 96.7 Å². The number of hydrogen-bond donors (Lipinski definition) is 1. The standard InChI is InChI=1S/C13H19NO2/c1-3-14(4-2)10-12-8-6-5-7-11(12)9-13(15)16/h5-8H,3-4,9-10H2,1-2H3,(H,15,16). The Bertz CT molecular complexity index is 346. The summed E-state index contributed by atoms with van der Waals surface area (Å²) in [6.45, 7) is 7.03. The molecule has 0 amide bonds. The van der Waals surface area contributed by atoms with Gasteiger partial charge in [0, 0.05) is 6.54 Å². The lowest BCUT2D eigenvalue weighted by molar-refractivity contribution is -0.136. The summed E-state index contributed by atoms with van der Waals surface area (Å²) in [4.78, 5) is 13.0. The Kier molecular flexibility index (Phi) is 4.99.